The third-order valence-electron chi connectivity index (χ3n) is 7.21. The highest BCUT2D eigenvalue weighted by Crippen LogP contribution is 2.47. The van der Waals surface area contributed by atoms with Crippen molar-refractivity contribution in [3.63, 3.8) is 0 Å². The number of rotatable bonds is 6. The van der Waals surface area contributed by atoms with E-state index in [0.717, 1.165) is 53.0 Å². The largest absolute Gasteiger partial charge is 0.507 e. The summed E-state index contributed by atoms with van der Waals surface area (Å²) in [4.78, 5) is 2.25. The lowest BCUT2D eigenvalue weighted by molar-refractivity contribution is -0.0782. The summed E-state index contributed by atoms with van der Waals surface area (Å²) in [6.07, 6.45) is 1.46. The van der Waals surface area contributed by atoms with Gasteiger partial charge >= 0.3 is 0 Å². The van der Waals surface area contributed by atoms with Gasteiger partial charge in [-0.15, -0.1) is 0 Å². The molecule has 4 rings (SSSR count). The molecule has 3 aromatic rings. The van der Waals surface area contributed by atoms with Crippen molar-refractivity contribution in [2.75, 3.05) is 19.1 Å². The van der Waals surface area contributed by atoms with E-state index in [4.69, 9.17) is 9.47 Å². The quantitative estimate of drug-likeness (QED) is 0.475. The number of para-hydroxylation sites is 1. The second kappa shape index (κ2) is 9.11. The van der Waals surface area contributed by atoms with Crippen molar-refractivity contribution in [2.24, 2.45) is 0 Å². The van der Waals surface area contributed by atoms with E-state index in [-0.39, 0.29) is 6.10 Å². The zero-order valence-corrected chi connectivity index (χ0v) is 20.6. The summed E-state index contributed by atoms with van der Waals surface area (Å²) < 4.78 is 12.8. The zero-order chi connectivity index (χ0) is 23.8. The molecule has 1 heterocycles. The van der Waals surface area contributed by atoms with Gasteiger partial charge in [-0.1, -0.05) is 42.5 Å². The molecule has 0 saturated heterocycles. The monoisotopic (exact) mass is 445 g/mol. The molecule has 0 spiro atoms. The van der Waals surface area contributed by atoms with Crippen LogP contribution >= 0.6 is 0 Å². The number of methoxy groups -OCH3 is 1. The molecule has 0 bridgehead atoms. The van der Waals surface area contributed by atoms with E-state index >= 15 is 0 Å². The van der Waals surface area contributed by atoms with Gasteiger partial charge in [0.05, 0.1) is 0 Å². The van der Waals surface area contributed by atoms with Crippen molar-refractivity contribution in [1.82, 2.24) is 0 Å². The summed E-state index contributed by atoms with van der Waals surface area (Å²) in [6, 6.07) is 19.0. The van der Waals surface area contributed by atoms with Gasteiger partial charge in [-0.05, 0) is 80.5 Å². The minimum atomic E-state index is -0.508. The van der Waals surface area contributed by atoms with Crippen molar-refractivity contribution in [3.8, 4) is 11.5 Å². The first-order valence-corrected chi connectivity index (χ1v) is 11.6. The van der Waals surface area contributed by atoms with Gasteiger partial charge in [0.15, 0.2) is 0 Å². The van der Waals surface area contributed by atoms with E-state index in [1.54, 1.807) is 7.11 Å². The summed E-state index contributed by atoms with van der Waals surface area (Å²) in [5.41, 5.74) is 6.96. The van der Waals surface area contributed by atoms with Crippen LogP contribution in [0, 0.1) is 20.8 Å². The summed E-state index contributed by atoms with van der Waals surface area (Å²) >= 11 is 0. The van der Waals surface area contributed by atoms with E-state index in [1.807, 2.05) is 26.8 Å². The Hall–Kier alpha value is -2.98. The standard InChI is InChI=1S/C29H35NO3/c1-19-20(2)27-25(21(3)26(19)31)15-16-29(4,33-27)28(32-6)23-12-10-11-22(17-23)18-30(5)24-13-8-7-9-14-24/h7-14,17,28,31H,15-16,18H2,1-6H3. The maximum absolute atomic E-state index is 10.5. The topological polar surface area (TPSA) is 41.9 Å². The summed E-state index contributed by atoms with van der Waals surface area (Å²) in [6.45, 7) is 8.91. The van der Waals surface area contributed by atoms with E-state index in [0.29, 0.717) is 5.75 Å². The van der Waals surface area contributed by atoms with Gasteiger partial charge in [0, 0.05) is 32.0 Å². The molecule has 1 aliphatic heterocycles. The molecule has 0 fully saturated rings. The summed E-state index contributed by atoms with van der Waals surface area (Å²) in [7, 11) is 3.87. The number of fused-ring (bicyclic) bond motifs is 1. The van der Waals surface area contributed by atoms with E-state index in [2.05, 4.69) is 67.4 Å². The number of aromatic hydroxyl groups is 1. The first-order valence-electron chi connectivity index (χ1n) is 11.6. The fourth-order valence-electron chi connectivity index (χ4n) is 5.09. The highest BCUT2D eigenvalue weighted by atomic mass is 16.5. The Morgan fingerprint density at radius 1 is 1.03 bits per heavy atom. The van der Waals surface area contributed by atoms with Crippen LogP contribution in [0.2, 0.25) is 0 Å². The number of hydrogen-bond donors (Lipinski definition) is 1. The molecule has 33 heavy (non-hydrogen) atoms. The van der Waals surface area contributed by atoms with Crippen LogP contribution in [-0.4, -0.2) is 24.9 Å². The normalized spacial score (nSPS) is 18.4. The lowest BCUT2D eigenvalue weighted by atomic mass is 9.82. The predicted octanol–water partition coefficient (Wildman–Crippen LogP) is 6.43. The predicted molar refractivity (Wildman–Crippen MR) is 134 cm³/mol. The molecule has 0 aliphatic carbocycles. The average molecular weight is 446 g/mol. The van der Waals surface area contributed by atoms with Gasteiger partial charge in [0.1, 0.15) is 23.2 Å². The van der Waals surface area contributed by atoms with Crippen LogP contribution < -0.4 is 9.64 Å². The Labute approximate surface area is 197 Å². The van der Waals surface area contributed by atoms with Crippen LogP contribution in [0.5, 0.6) is 11.5 Å². The number of ether oxygens (including phenoxy) is 2. The van der Waals surface area contributed by atoms with Gasteiger partial charge in [-0.2, -0.15) is 0 Å². The Bertz CT molecular complexity index is 1140. The van der Waals surface area contributed by atoms with Gasteiger partial charge in [0.2, 0.25) is 0 Å². The van der Waals surface area contributed by atoms with Gasteiger partial charge in [-0.3, -0.25) is 0 Å². The zero-order valence-electron chi connectivity index (χ0n) is 20.6. The van der Waals surface area contributed by atoms with Crippen LogP contribution in [0.15, 0.2) is 54.6 Å². The van der Waals surface area contributed by atoms with Gasteiger partial charge in [-0.25, -0.2) is 0 Å². The number of phenolic OH excluding ortho intramolecular Hbond substituents is 1. The molecule has 4 nitrogen and oxygen atoms in total. The Morgan fingerprint density at radius 3 is 2.45 bits per heavy atom. The first-order chi connectivity index (χ1) is 15.7. The number of phenols is 1. The molecule has 4 heteroatoms. The minimum absolute atomic E-state index is 0.207. The number of nitrogens with zero attached hydrogens (tertiary/aromatic N) is 1. The van der Waals surface area contributed by atoms with Crippen molar-refractivity contribution in [2.45, 2.75) is 58.8 Å². The number of benzene rings is 3. The van der Waals surface area contributed by atoms with Gasteiger partial charge in [0.25, 0.3) is 0 Å². The fourth-order valence-corrected chi connectivity index (χ4v) is 5.09. The lowest BCUT2D eigenvalue weighted by Crippen LogP contribution is -2.43. The molecule has 0 aromatic heterocycles. The Balaban J connectivity index is 1.62. The highest BCUT2D eigenvalue weighted by Gasteiger charge is 2.42. The van der Waals surface area contributed by atoms with Crippen LogP contribution in [-0.2, 0) is 17.7 Å². The highest BCUT2D eigenvalue weighted by molar-refractivity contribution is 5.58. The molecule has 0 radical (unpaired) electrons. The molecule has 0 amide bonds. The van der Waals surface area contributed by atoms with Crippen LogP contribution in [0.4, 0.5) is 5.69 Å². The molecule has 2 atom stereocenters. The SMILES string of the molecule is COC(c1cccc(CN(C)c2ccccc2)c1)C1(C)CCc2c(C)c(O)c(C)c(C)c2O1. The molecule has 3 aromatic carbocycles. The van der Waals surface area contributed by atoms with Crippen molar-refractivity contribution >= 4 is 5.69 Å². The maximum Gasteiger partial charge on any atom is 0.137 e. The second-order valence-electron chi connectivity index (χ2n) is 9.50. The molecule has 174 valence electrons. The van der Waals surface area contributed by atoms with Crippen LogP contribution in [0.1, 0.15) is 52.8 Å². The maximum atomic E-state index is 10.5. The number of hydrogen-bond acceptors (Lipinski definition) is 4. The summed E-state index contributed by atoms with van der Waals surface area (Å²) in [5.74, 6) is 1.29. The molecular weight excluding hydrogens is 410 g/mol. The Morgan fingerprint density at radius 2 is 1.76 bits per heavy atom. The minimum Gasteiger partial charge on any atom is -0.507 e. The molecule has 0 saturated carbocycles. The second-order valence-corrected chi connectivity index (χ2v) is 9.50. The summed E-state index contributed by atoms with van der Waals surface area (Å²) in [5, 5.41) is 10.5. The van der Waals surface area contributed by atoms with E-state index in [9.17, 15) is 5.11 Å². The molecule has 2 unspecified atom stereocenters. The smallest absolute Gasteiger partial charge is 0.137 e. The van der Waals surface area contributed by atoms with Crippen LogP contribution in [0.25, 0.3) is 0 Å². The third kappa shape index (κ3) is 4.32. The first kappa shape index (κ1) is 23.2. The van der Waals surface area contributed by atoms with Crippen molar-refractivity contribution < 1.29 is 14.6 Å². The number of anilines is 1. The lowest BCUT2D eigenvalue weighted by Gasteiger charge is -2.42. The third-order valence-corrected chi connectivity index (χ3v) is 7.21. The Kier molecular flexibility index (Phi) is 6.40. The molecule has 1 aliphatic rings. The molecule has 1 N–H and O–H groups in total. The molecular formula is C29H35NO3. The van der Waals surface area contributed by atoms with Crippen molar-refractivity contribution in [1.29, 1.82) is 0 Å². The van der Waals surface area contributed by atoms with Gasteiger partial charge < -0.3 is 19.5 Å². The average Bonchev–Trinajstić information content (AvgIpc) is 2.82. The van der Waals surface area contributed by atoms with E-state index < -0.39 is 5.60 Å². The van der Waals surface area contributed by atoms with Crippen molar-refractivity contribution in [3.05, 3.63) is 88.0 Å². The van der Waals surface area contributed by atoms with E-state index in [1.165, 1.54) is 11.3 Å². The fraction of sp³-hybridized carbons (Fsp3) is 0.379. The van der Waals surface area contributed by atoms with Crippen LogP contribution in [0.3, 0.4) is 0 Å².